The zero-order chi connectivity index (χ0) is 15.6. The van der Waals surface area contributed by atoms with Gasteiger partial charge < -0.3 is 15.5 Å². The van der Waals surface area contributed by atoms with E-state index in [0.29, 0.717) is 0 Å². The Balaban J connectivity index is 1.64. The van der Waals surface area contributed by atoms with Crippen LogP contribution in [0, 0.1) is 6.92 Å². The van der Waals surface area contributed by atoms with Crippen LogP contribution in [0.3, 0.4) is 0 Å². The molecule has 1 aromatic rings. The van der Waals surface area contributed by atoms with Gasteiger partial charge in [0.1, 0.15) is 0 Å². The Bertz CT molecular complexity index is 449. The van der Waals surface area contributed by atoms with E-state index < -0.39 is 0 Å². The van der Waals surface area contributed by atoms with E-state index in [0.717, 1.165) is 25.6 Å². The molecule has 0 spiro atoms. The van der Waals surface area contributed by atoms with Gasteiger partial charge in [0, 0.05) is 22.8 Å². The summed E-state index contributed by atoms with van der Waals surface area (Å²) in [4.78, 5) is 9.92. The summed E-state index contributed by atoms with van der Waals surface area (Å²) in [6.07, 6.45) is 5.25. The number of aryl methyl sites for hydroxylation is 1. The van der Waals surface area contributed by atoms with Crippen molar-refractivity contribution in [2.45, 2.75) is 46.1 Å². The van der Waals surface area contributed by atoms with E-state index in [9.17, 15) is 0 Å². The normalized spacial score (nSPS) is 16.2. The van der Waals surface area contributed by atoms with Crippen LogP contribution in [-0.2, 0) is 6.54 Å². The summed E-state index contributed by atoms with van der Waals surface area (Å²) in [5.74, 6) is 0.940. The molecule has 0 saturated carbocycles. The predicted octanol–water partition coefficient (Wildman–Crippen LogP) is 2.99. The van der Waals surface area contributed by atoms with Crippen LogP contribution in [0.2, 0.25) is 0 Å². The van der Waals surface area contributed by atoms with Crippen LogP contribution in [0.1, 0.15) is 42.4 Å². The molecule has 0 aliphatic carbocycles. The molecule has 2 rings (SSSR count). The molecule has 1 aliphatic rings. The van der Waals surface area contributed by atoms with Crippen LogP contribution in [0.4, 0.5) is 0 Å². The van der Waals surface area contributed by atoms with E-state index in [4.69, 9.17) is 0 Å². The highest BCUT2D eigenvalue weighted by Gasteiger charge is 2.10. The average molecular weight is 323 g/mol. The van der Waals surface area contributed by atoms with Crippen molar-refractivity contribution in [1.82, 2.24) is 15.5 Å². The van der Waals surface area contributed by atoms with Crippen LogP contribution < -0.4 is 10.6 Å². The predicted molar refractivity (Wildman–Crippen MR) is 96.8 cm³/mol. The molecule has 1 saturated heterocycles. The van der Waals surface area contributed by atoms with Gasteiger partial charge in [-0.25, -0.2) is 4.99 Å². The Hall–Kier alpha value is -1.07. The topological polar surface area (TPSA) is 39.7 Å². The fraction of sp³-hybridized carbons (Fsp3) is 0.706. The third-order valence-corrected chi connectivity index (χ3v) is 4.91. The van der Waals surface area contributed by atoms with Gasteiger partial charge in [-0.1, -0.05) is 0 Å². The highest BCUT2D eigenvalue weighted by Crippen LogP contribution is 2.15. The molecule has 1 aliphatic heterocycles. The van der Waals surface area contributed by atoms with E-state index >= 15 is 0 Å². The summed E-state index contributed by atoms with van der Waals surface area (Å²) in [5.41, 5.74) is 0. The van der Waals surface area contributed by atoms with Crippen molar-refractivity contribution < 1.29 is 0 Å². The number of rotatable bonds is 8. The molecule has 2 N–H and O–H groups in total. The number of nitrogens with one attached hydrogen (secondary N) is 2. The van der Waals surface area contributed by atoms with Crippen LogP contribution in [0.5, 0.6) is 0 Å². The first-order valence-electron chi connectivity index (χ1n) is 8.58. The Labute approximate surface area is 139 Å². The summed E-state index contributed by atoms with van der Waals surface area (Å²) < 4.78 is 0. The fourth-order valence-corrected chi connectivity index (χ4v) is 3.56. The average Bonchev–Trinajstić information content (AvgIpc) is 3.16. The van der Waals surface area contributed by atoms with E-state index in [1.165, 1.54) is 55.1 Å². The van der Waals surface area contributed by atoms with E-state index in [-0.39, 0.29) is 0 Å². The number of hydrogen-bond acceptors (Lipinski definition) is 3. The first kappa shape index (κ1) is 17.3. The summed E-state index contributed by atoms with van der Waals surface area (Å²) in [6, 6.07) is 4.33. The molecule has 2 heterocycles. The maximum absolute atomic E-state index is 4.67. The maximum atomic E-state index is 4.67. The van der Waals surface area contributed by atoms with Gasteiger partial charge in [-0.05, 0) is 71.3 Å². The minimum absolute atomic E-state index is 0.765. The van der Waals surface area contributed by atoms with Crippen LogP contribution in [0.15, 0.2) is 17.1 Å². The van der Waals surface area contributed by atoms with Gasteiger partial charge in [-0.3, -0.25) is 0 Å². The van der Waals surface area contributed by atoms with E-state index in [2.05, 4.69) is 46.5 Å². The van der Waals surface area contributed by atoms with Crippen molar-refractivity contribution in [1.29, 1.82) is 0 Å². The molecule has 1 fully saturated rings. The summed E-state index contributed by atoms with van der Waals surface area (Å²) in [6.45, 7) is 10.8. The number of unbranched alkanes of at least 4 members (excludes halogenated alkanes) is 1. The van der Waals surface area contributed by atoms with Crippen molar-refractivity contribution in [2.24, 2.45) is 4.99 Å². The largest absolute Gasteiger partial charge is 0.357 e. The molecule has 0 atom stereocenters. The number of nitrogens with zero attached hydrogens (tertiary/aromatic N) is 2. The monoisotopic (exact) mass is 322 g/mol. The number of likely N-dealkylation sites (tertiary alicyclic amines) is 1. The fourth-order valence-electron chi connectivity index (χ4n) is 2.74. The van der Waals surface area contributed by atoms with Gasteiger partial charge in [0.25, 0.3) is 0 Å². The SMILES string of the molecule is CCNC(=NCc1ccc(C)s1)NCCCCN1CCCC1. The molecular formula is C17H30N4S. The molecule has 0 unspecified atom stereocenters. The molecule has 22 heavy (non-hydrogen) atoms. The molecule has 0 amide bonds. The molecule has 124 valence electrons. The minimum Gasteiger partial charge on any atom is -0.357 e. The van der Waals surface area contributed by atoms with Crippen molar-refractivity contribution in [3.63, 3.8) is 0 Å². The van der Waals surface area contributed by atoms with Crippen molar-refractivity contribution >= 4 is 17.3 Å². The molecule has 0 aromatic carbocycles. The number of aliphatic imine (C=N–C) groups is 1. The summed E-state index contributed by atoms with van der Waals surface area (Å²) >= 11 is 1.83. The van der Waals surface area contributed by atoms with Crippen molar-refractivity contribution in [3.05, 3.63) is 21.9 Å². The number of thiophene rings is 1. The Morgan fingerprint density at radius 3 is 2.73 bits per heavy atom. The van der Waals surface area contributed by atoms with Crippen LogP contribution >= 0.6 is 11.3 Å². The third kappa shape index (κ3) is 6.36. The first-order chi connectivity index (χ1) is 10.8. The van der Waals surface area contributed by atoms with Gasteiger partial charge in [0.2, 0.25) is 0 Å². The second kappa shape index (κ2) is 9.85. The molecule has 1 aromatic heterocycles. The van der Waals surface area contributed by atoms with E-state index in [1.54, 1.807) is 0 Å². The van der Waals surface area contributed by atoms with Crippen LogP contribution in [0.25, 0.3) is 0 Å². The highest BCUT2D eigenvalue weighted by molar-refractivity contribution is 7.11. The zero-order valence-electron chi connectivity index (χ0n) is 14.0. The lowest BCUT2D eigenvalue weighted by atomic mass is 10.3. The summed E-state index contributed by atoms with van der Waals surface area (Å²) in [7, 11) is 0. The second-order valence-corrected chi connectivity index (χ2v) is 7.26. The Kier molecular flexibility index (Phi) is 7.74. The van der Waals surface area contributed by atoms with Gasteiger partial charge in [0.05, 0.1) is 6.54 Å². The third-order valence-electron chi connectivity index (χ3n) is 3.93. The second-order valence-electron chi connectivity index (χ2n) is 5.89. The van der Waals surface area contributed by atoms with E-state index in [1.807, 2.05) is 11.3 Å². The first-order valence-corrected chi connectivity index (χ1v) is 9.39. The lowest BCUT2D eigenvalue weighted by Gasteiger charge is -2.15. The molecule has 4 nitrogen and oxygen atoms in total. The van der Waals surface area contributed by atoms with Crippen molar-refractivity contribution in [3.8, 4) is 0 Å². The Morgan fingerprint density at radius 2 is 2.05 bits per heavy atom. The van der Waals surface area contributed by atoms with Gasteiger partial charge in [0.15, 0.2) is 5.96 Å². The molecular weight excluding hydrogens is 292 g/mol. The number of guanidine groups is 1. The summed E-state index contributed by atoms with van der Waals surface area (Å²) in [5, 5.41) is 6.77. The standard InChI is InChI=1S/C17H30N4S/c1-3-18-17(20-14-16-9-8-15(2)22-16)19-10-4-5-11-21-12-6-7-13-21/h8-9H,3-7,10-14H2,1-2H3,(H2,18,19,20). The Morgan fingerprint density at radius 1 is 1.23 bits per heavy atom. The number of hydrogen-bond donors (Lipinski definition) is 2. The lowest BCUT2D eigenvalue weighted by Crippen LogP contribution is -2.37. The quantitative estimate of drug-likeness (QED) is 0.439. The molecule has 0 radical (unpaired) electrons. The van der Waals surface area contributed by atoms with Crippen molar-refractivity contribution in [2.75, 3.05) is 32.7 Å². The van der Waals surface area contributed by atoms with Crippen LogP contribution in [-0.4, -0.2) is 43.6 Å². The molecule has 0 bridgehead atoms. The molecule has 5 heteroatoms. The lowest BCUT2D eigenvalue weighted by molar-refractivity contribution is 0.330. The smallest absolute Gasteiger partial charge is 0.191 e. The minimum atomic E-state index is 0.765. The highest BCUT2D eigenvalue weighted by atomic mass is 32.1. The van der Waals surface area contributed by atoms with Gasteiger partial charge >= 0.3 is 0 Å². The zero-order valence-corrected chi connectivity index (χ0v) is 14.8. The van der Waals surface area contributed by atoms with Gasteiger partial charge in [-0.15, -0.1) is 11.3 Å². The maximum Gasteiger partial charge on any atom is 0.191 e. The van der Waals surface area contributed by atoms with Gasteiger partial charge in [-0.2, -0.15) is 0 Å².